The van der Waals surface area contributed by atoms with E-state index in [0.29, 0.717) is 0 Å². The Morgan fingerprint density at radius 2 is 2.50 bits per heavy atom. The molecule has 3 heteroatoms. The van der Waals surface area contributed by atoms with Crippen LogP contribution in [0.5, 0.6) is 0 Å². The Bertz CT molecular complexity index is 67.7. The van der Waals surface area contributed by atoms with Crippen molar-refractivity contribution in [1.82, 2.24) is 0 Å². The van der Waals surface area contributed by atoms with Crippen molar-refractivity contribution in [2.45, 2.75) is 6.17 Å². The van der Waals surface area contributed by atoms with Crippen LogP contribution in [0.15, 0.2) is 0 Å². The number of nitrogens with zero attached hydrogens (tertiary/aromatic N) is 1. The van der Waals surface area contributed by atoms with Gasteiger partial charge in [0.25, 0.3) is 0 Å². The minimum atomic E-state index is -1.70. The van der Waals surface area contributed by atoms with Gasteiger partial charge in [-0.2, -0.15) is 5.26 Å². The minimum absolute atomic E-state index is 0.698. The van der Waals surface area contributed by atoms with E-state index in [9.17, 15) is 4.39 Å². The van der Waals surface area contributed by atoms with E-state index in [4.69, 9.17) is 10.4 Å². The fourth-order valence-electron chi connectivity index (χ4n) is 0.0408. The molecule has 0 aromatic rings. The fourth-order valence-corrected chi connectivity index (χ4v) is 0.0408. The van der Waals surface area contributed by atoms with E-state index in [1.54, 1.807) is 0 Å². The molecule has 0 aliphatic rings. The lowest BCUT2D eigenvalue weighted by molar-refractivity contribution is 0.214. The summed E-state index contributed by atoms with van der Waals surface area (Å²) in [5.74, 6) is 0. The SMILES string of the molecule is N#CC(F)CO. The van der Waals surface area contributed by atoms with E-state index in [-0.39, 0.29) is 0 Å². The number of halogens is 1. The first-order valence-corrected chi connectivity index (χ1v) is 1.45. The Kier molecular flexibility index (Phi) is 2.34. The lowest BCUT2D eigenvalue weighted by Gasteiger charge is -1.82. The number of aliphatic hydroxyl groups excluding tert-OH is 1. The molecule has 0 aromatic heterocycles. The molecular weight excluding hydrogens is 85.0 g/mol. The molecule has 1 atom stereocenters. The molecule has 0 saturated carbocycles. The highest BCUT2D eigenvalue weighted by Gasteiger charge is 1.95. The molecule has 34 valence electrons. The molecule has 0 aliphatic heterocycles. The first kappa shape index (κ1) is 5.38. The molecule has 0 heterocycles. The maximum Gasteiger partial charge on any atom is 0.209 e. The summed E-state index contributed by atoms with van der Waals surface area (Å²) in [4.78, 5) is 0. The van der Waals surface area contributed by atoms with Crippen LogP contribution in [0.25, 0.3) is 0 Å². The number of aliphatic hydroxyl groups is 1. The minimum Gasteiger partial charge on any atom is -0.392 e. The molecule has 0 rings (SSSR count). The molecular formula is C3H4FNO. The molecule has 0 radical (unpaired) electrons. The van der Waals surface area contributed by atoms with Crippen LogP contribution in [0.4, 0.5) is 4.39 Å². The third-order valence-corrected chi connectivity index (χ3v) is 0.300. The van der Waals surface area contributed by atoms with Gasteiger partial charge in [-0.15, -0.1) is 0 Å². The lowest BCUT2D eigenvalue weighted by Crippen LogP contribution is -1.99. The molecule has 6 heavy (non-hydrogen) atoms. The van der Waals surface area contributed by atoms with Crippen molar-refractivity contribution in [3.8, 4) is 6.07 Å². The first-order chi connectivity index (χ1) is 2.81. The maximum absolute atomic E-state index is 11.2. The van der Waals surface area contributed by atoms with Gasteiger partial charge in [0.2, 0.25) is 6.17 Å². The van der Waals surface area contributed by atoms with Gasteiger partial charge in [-0.25, -0.2) is 4.39 Å². The quantitative estimate of drug-likeness (QED) is 0.485. The van der Waals surface area contributed by atoms with Crippen LogP contribution in [0, 0.1) is 11.3 Å². The van der Waals surface area contributed by atoms with Crippen LogP contribution in [0.2, 0.25) is 0 Å². The van der Waals surface area contributed by atoms with Gasteiger partial charge in [-0.1, -0.05) is 0 Å². The number of hydrogen-bond donors (Lipinski definition) is 1. The monoisotopic (exact) mass is 89.0 g/mol. The average molecular weight is 89.1 g/mol. The standard InChI is InChI=1S/C3H4FNO/c4-3(1-5)2-6/h3,6H,2H2. The average Bonchev–Trinajstić information content (AvgIpc) is 1.65. The topological polar surface area (TPSA) is 44.0 Å². The van der Waals surface area contributed by atoms with Crippen molar-refractivity contribution in [1.29, 1.82) is 5.26 Å². The van der Waals surface area contributed by atoms with Crippen LogP contribution in [0.3, 0.4) is 0 Å². The second-order valence-electron chi connectivity index (χ2n) is 0.779. The van der Waals surface area contributed by atoms with E-state index in [1.165, 1.54) is 6.07 Å². The van der Waals surface area contributed by atoms with E-state index in [2.05, 4.69) is 0 Å². The molecule has 0 fully saturated rings. The Balaban J connectivity index is 3.04. The second kappa shape index (κ2) is 2.61. The molecule has 1 unspecified atom stereocenters. The predicted octanol–water partition coefficient (Wildman–Crippen LogP) is -0.160. The molecule has 2 nitrogen and oxygen atoms in total. The summed E-state index contributed by atoms with van der Waals surface area (Å²) >= 11 is 0. The van der Waals surface area contributed by atoms with Crippen molar-refractivity contribution in [2.75, 3.05) is 6.61 Å². The van der Waals surface area contributed by atoms with E-state index >= 15 is 0 Å². The summed E-state index contributed by atoms with van der Waals surface area (Å²) in [5, 5.41) is 15.3. The second-order valence-corrected chi connectivity index (χ2v) is 0.779. The molecule has 0 aliphatic carbocycles. The van der Waals surface area contributed by atoms with Gasteiger partial charge in [-0.05, 0) is 0 Å². The van der Waals surface area contributed by atoms with Crippen LogP contribution < -0.4 is 0 Å². The van der Waals surface area contributed by atoms with E-state index in [0.717, 1.165) is 0 Å². The summed E-state index contributed by atoms with van der Waals surface area (Å²) in [6.07, 6.45) is -1.70. The van der Waals surface area contributed by atoms with Gasteiger partial charge >= 0.3 is 0 Å². The lowest BCUT2D eigenvalue weighted by atomic mass is 10.5. The molecule has 0 saturated heterocycles. The Hall–Kier alpha value is -0.620. The Morgan fingerprint density at radius 1 is 2.00 bits per heavy atom. The van der Waals surface area contributed by atoms with Crippen LogP contribution >= 0.6 is 0 Å². The van der Waals surface area contributed by atoms with Gasteiger partial charge in [0.1, 0.15) is 6.07 Å². The third-order valence-electron chi connectivity index (χ3n) is 0.300. The van der Waals surface area contributed by atoms with Crippen LogP contribution in [-0.2, 0) is 0 Å². The van der Waals surface area contributed by atoms with E-state index in [1.807, 2.05) is 0 Å². The molecule has 0 amide bonds. The highest BCUT2D eigenvalue weighted by Crippen LogP contribution is 1.80. The number of rotatable bonds is 1. The predicted molar refractivity (Wildman–Crippen MR) is 17.6 cm³/mol. The Morgan fingerprint density at radius 3 is 2.50 bits per heavy atom. The molecule has 0 aromatic carbocycles. The van der Waals surface area contributed by atoms with Gasteiger partial charge in [-0.3, -0.25) is 0 Å². The van der Waals surface area contributed by atoms with Gasteiger partial charge in [0.15, 0.2) is 0 Å². The third kappa shape index (κ3) is 1.68. The summed E-state index contributed by atoms with van der Waals surface area (Å²) in [6.45, 7) is -0.698. The zero-order chi connectivity index (χ0) is 4.99. The molecule has 1 N–H and O–H groups in total. The first-order valence-electron chi connectivity index (χ1n) is 1.45. The number of alkyl halides is 1. The van der Waals surface area contributed by atoms with Crippen molar-refractivity contribution in [3.05, 3.63) is 0 Å². The largest absolute Gasteiger partial charge is 0.392 e. The fraction of sp³-hybridized carbons (Fsp3) is 0.667. The highest BCUT2D eigenvalue weighted by atomic mass is 19.1. The van der Waals surface area contributed by atoms with Gasteiger partial charge in [0.05, 0.1) is 6.61 Å². The van der Waals surface area contributed by atoms with Gasteiger partial charge in [0, 0.05) is 0 Å². The molecule has 0 spiro atoms. The Labute approximate surface area is 34.8 Å². The summed E-state index contributed by atoms with van der Waals surface area (Å²) < 4.78 is 11.2. The maximum atomic E-state index is 11.2. The van der Waals surface area contributed by atoms with Crippen LogP contribution in [0.1, 0.15) is 0 Å². The number of hydrogen-bond acceptors (Lipinski definition) is 2. The van der Waals surface area contributed by atoms with Crippen molar-refractivity contribution in [3.63, 3.8) is 0 Å². The van der Waals surface area contributed by atoms with Crippen LogP contribution in [-0.4, -0.2) is 17.9 Å². The summed E-state index contributed by atoms with van der Waals surface area (Å²) in [7, 11) is 0. The molecule has 0 bridgehead atoms. The highest BCUT2D eigenvalue weighted by molar-refractivity contribution is 4.80. The smallest absolute Gasteiger partial charge is 0.209 e. The van der Waals surface area contributed by atoms with E-state index < -0.39 is 12.8 Å². The normalized spacial score (nSPS) is 12.8. The van der Waals surface area contributed by atoms with Gasteiger partial charge < -0.3 is 5.11 Å². The summed E-state index contributed by atoms with van der Waals surface area (Å²) in [6, 6.07) is 1.20. The van der Waals surface area contributed by atoms with Crippen molar-refractivity contribution in [2.24, 2.45) is 0 Å². The number of nitriles is 1. The van der Waals surface area contributed by atoms with Crippen molar-refractivity contribution < 1.29 is 9.50 Å². The summed E-state index contributed by atoms with van der Waals surface area (Å²) in [5.41, 5.74) is 0. The zero-order valence-corrected chi connectivity index (χ0v) is 3.06. The van der Waals surface area contributed by atoms with Crippen molar-refractivity contribution >= 4 is 0 Å². The zero-order valence-electron chi connectivity index (χ0n) is 3.06.